The zero-order valence-corrected chi connectivity index (χ0v) is 18.6. The molecular weight excluding hydrogens is 443 g/mol. The summed E-state index contributed by atoms with van der Waals surface area (Å²) in [5.74, 6) is 1.87. The summed E-state index contributed by atoms with van der Waals surface area (Å²) in [5.41, 5.74) is 1.21. The Morgan fingerprint density at radius 3 is 2.62 bits per heavy atom. The molecule has 0 spiro atoms. The Kier molecular flexibility index (Phi) is 11.4. The summed E-state index contributed by atoms with van der Waals surface area (Å²) in [6.45, 7) is 8.39. The van der Waals surface area contributed by atoms with E-state index in [1.54, 1.807) is 7.11 Å². The van der Waals surface area contributed by atoms with Crippen molar-refractivity contribution >= 4 is 35.6 Å². The average Bonchev–Trinajstić information content (AvgIpc) is 2.68. The maximum Gasteiger partial charge on any atom is 0.193 e. The summed E-state index contributed by atoms with van der Waals surface area (Å²) in [4.78, 5) is 9.11. The lowest BCUT2D eigenvalue weighted by Crippen LogP contribution is -2.53. The highest BCUT2D eigenvalue weighted by Gasteiger charge is 2.19. The van der Waals surface area contributed by atoms with Crippen molar-refractivity contribution in [1.82, 2.24) is 10.2 Å². The van der Waals surface area contributed by atoms with Crippen LogP contribution in [-0.2, 0) is 4.74 Å². The molecule has 1 saturated heterocycles. The Morgan fingerprint density at radius 2 is 1.96 bits per heavy atom. The van der Waals surface area contributed by atoms with Crippen molar-refractivity contribution in [3.05, 3.63) is 24.3 Å². The third-order valence-corrected chi connectivity index (χ3v) is 4.38. The maximum absolute atomic E-state index is 5.60. The number of halogens is 1. The van der Waals surface area contributed by atoms with Gasteiger partial charge in [-0.25, -0.2) is 0 Å². The van der Waals surface area contributed by atoms with Gasteiger partial charge in [-0.15, -0.1) is 24.0 Å². The van der Waals surface area contributed by atoms with Crippen molar-refractivity contribution in [3.8, 4) is 5.75 Å². The Balaban J connectivity index is 0.00000338. The van der Waals surface area contributed by atoms with E-state index in [0.717, 1.165) is 64.1 Å². The van der Waals surface area contributed by atoms with E-state index in [1.807, 2.05) is 19.2 Å². The van der Waals surface area contributed by atoms with Crippen LogP contribution in [-0.4, -0.2) is 71.0 Å². The maximum atomic E-state index is 5.60. The molecule has 26 heavy (non-hydrogen) atoms. The number of guanidine groups is 1. The second kappa shape index (κ2) is 13.0. The molecular formula is C19H33IN4O2. The summed E-state index contributed by atoms with van der Waals surface area (Å²) >= 11 is 0. The molecule has 1 aliphatic heterocycles. The highest BCUT2D eigenvalue weighted by molar-refractivity contribution is 14.0. The molecule has 0 saturated carbocycles. The summed E-state index contributed by atoms with van der Waals surface area (Å²) in [5, 5.41) is 3.40. The van der Waals surface area contributed by atoms with Crippen LogP contribution in [0.4, 0.5) is 5.69 Å². The van der Waals surface area contributed by atoms with Crippen LogP contribution in [0.15, 0.2) is 29.3 Å². The first-order chi connectivity index (χ1) is 12.3. The molecule has 0 aliphatic carbocycles. The minimum absolute atomic E-state index is 0. The second-order valence-electron chi connectivity index (χ2n) is 6.12. The monoisotopic (exact) mass is 476 g/mol. The number of rotatable bonds is 8. The summed E-state index contributed by atoms with van der Waals surface area (Å²) < 4.78 is 10.9. The molecule has 1 aromatic carbocycles. The van der Waals surface area contributed by atoms with E-state index in [0.29, 0.717) is 0 Å². The molecule has 2 rings (SSSR count). The molecule has 0 unspecified atom stereocenters. The van der Waals surface area contributed by atoms with E-state index >= 15 is 0 Å². The van der Waals surface area contributed by atoms with E-state index in [4.69, 9.17) is 9.47 Å². The van der Waals surface area contributed by atoms with E-state index in [-0.39, 0.29) is 24.0 Å². The molecule has 0 aromatic heterocycles. The van der Waals surface area contributed by atoms with Gasteiger partial charge < -0.3 is 24.6 Å². The smallest absolute Gasteiger partial charge is 0.193 e. The van der Waals surface area contributed by atoms with Crippen molar-refractivity contribution in [3.63, 3.8) is 0 Å². The quantitative estimate of drug-likeness (QED) is 0.271. The molecule has 1 fully saturated rings. The predicted octanol–water partition coefficient (Wildman–Crippen LogP) is 2.83. The first-order valence-electron chi connectivity index (χ1n) is 9.20. The Labute approximate surface area is 175 Å². The summed E-state index contributed by atoms with van der Waals surface area (Å²) in [6, 6.07) is 8.25. The number of nitrogens with one attached hydrogen (secondary N) is 1. The highest BCUT2D eigenvalue weighted by atomic mass is 127. The van der Waals surface area contributed by atoms with Crippen molar-refractivity contribution in [1.29, 1.82) is 0 Å². The van der Waals surface area contributed by atoms with Gasteiger partial charge in [0.15, 0.2) is 5.96 Å². The topological polar surface area (TPSA) is 49.3 Å². The van der Waals surface area contributed by atoms with Crippen LogP contribution in [0, 0.1) is 0 Å². The lowest BCUT2D eigenvalue weighted by atomic mass is 10.2. The van der Waals surface area contributed by atoms with Gasteiger partial charge in [-0.05, 0) is 18.6 Å². The predicted molar refractivity (Wildman–Crippen MR) is 119 cm³/mol. The molecule has 7 heteroatoms. The van der Waals surface area contributed by atoms with Gasteiger partial charge in [-0.3, -0.25) is 4.99 Å². The normalized spacial score (nSPS) is 14.8. The zero-order valence-electron chi connectivity index (χ0n) is 16.2. The largest absolute Gasteiger partial charge is 0.497 e. The highest BCUT2D eigenvalue weighted by Crippen LogP contribution is 2.22. The fraction of sp³-hybridized carbons (Fsp3) is 0.632. The minimum atomic E-state index is 0. The molecule has 1 N–H and O–H groups in total. The summed E-state index contributed by atoms with van der Waals surface area (Å²) in [6.07, 6.45) is 2.30. The minimum Gasteiger partial charge on any atom is -0.497 e. The molecule has 0 bridgehead atoms. The van der Waals surface area contributed by atoms with Crippen LogP contribution < -0.4 is 15.0 Å². The molecule has 1 aliphatic rings. The van der Waals surface area contributed by atoms with Gasteiger partial charge in [0.2, 0.25) is 0 Å². The van der Waals surface area contributed by atoms with Gasteiger partial charge in [0, 0.05) is 58.1 Å². The van der Waals surface area contributed by atoms with Crippen molar-refractivity contribution in [2.75, 3.05) is 65.0 Å². The molecule has 1 aromatic rings. The first kappa shape index (κ1) is 22.8. The third kappa shape index (κ3) is 7.19. The van der Waals surface area contributed by atoms with Crippen LogP contribution in [0.1, 0.15) is 19.8 Å². The van der Waals surface area contributed by atoms with Crippen LogP contribution in [0.25, 0.3) is 0 Å². The van der Waals surface area contributed by atoms with Crippen LogP contribution in [0.2, 0.25) is 0 Å². The number of hydrogen-bond acceptors (Lipinski definition) is 4. The number of ether oxygens (including phenoxy) is 2. The fourth-order valence-corrected chi connectivity index (χ4v) is 2.90. The number of aliphatic imine (C=N–C) groups is 1. The van der Waals surface area contributed by atoms with Gasteiger partial charge >= 0.3 is 0 Å². The third-order valence-electron chi connectivity index (χ3n) is 4.38. The standard InChI is InChI=1S/C19H32N4O2.HI/c1-4-5-14-25-15-9-21-19(20-2)23-12-10-22(11-13-23)17-7-6-8-18(16-17)24-3;/h6-8,16H,4-5,9-15H2,1-3H3,(H,20,21);1H. The fourth-order valence-electron chi connectivity index (χ4n) is 2.90. The van der Waals surface area contributed by atoms with Crippen LogP contribution in [0.5, 0.6) is 5.75 Å². The molecule has 0 radical (unpaired) electrons. The van der Waals surface area contributed by atoms with Crippen molar-refractivity contribution in [2.24, 2.45) is 4.99 Å². The van der Waals surface area contributed by atoms with E-state index < -0.39 is 0 Å². The van der Waals surface area contributed by atoms with Gasteiger partial charge in [0.25, 0.3) is 0 Å². The van der Waals surface area contributed by atoms with Crippen molar-refractivity contribution in [2.45, 2.75) is 19.8 Å². The number of anilines is 1. The van der Waals surface area contributed by atoms with Crippen LogP contribution in [0.3, 0.4) is 0 Å². The molecule has 0 amide bonds. The van der Waals surface area contributed by atoms with E-state index in [1.165, 1.54) is 12.1 Å². The van der Waals surface area contributed by atoms with E-state index in [9.17, 15) is 0 Å². The number of hydrogen-bond donors (Lipinski definition) is 1. The lowest BCUT2D eigenvalue weighted by molar-refractivity contribution is 0.135. The second-order valence-corrected chi connectivity index (χ2v) is 6.12. The molecule has 6 nitrogen and oxygen atoms in total. The number of piperazine rings is 1. The Morgan fingerprint density at radius 1 is 1.19 bits per heavy atom. The van der Waals surface area contributed by atoms with Gasteiger partial charge in [0.1, 0.15) is 5.75 Å². The number of nitrogens with zero attached hydrogens (tertiary/aromatic N) is 3. The molecule has 1 heterocycles. The Hall–Kier alpha value is -1.22. The van der Waals surface area contributed by atoms with Crippen LogP contribution >= 0.6 is 24.0 Å². The Bertz CT molecular complexity index is 534. The molecule has 0 atom stereocenters. The van der Waals surface area contributed by atoms with E-state index in [2.05, 4.69) is 39.2 Å². The van der Waals surface area contributed by atoms with Gasteiger partial charge in [-0.2, -0.15) is 0 Å². The number of benzene rings is 1. The lowest BCUT2D eigenvalue weighted by Gasteiger charge is -2.37. The van der Waals surface area contributed by atoms with Gasteiger partial charge in [0.05, 0.1) is 13.7 Å². The van der Waals surface area contributed by atoms with Gasteiger partial charge in [-0.1, -0.05) is 19.4 Å². The molecule has 148 valence electrons. The van der Waals surface area contributed by atoms with Crippen molar-refractivity contribution < 1.29 is 9.47 Å². The number of unbranched alkanes of at least 4 members (excludes halogenated alkanes) is 1. The summed E-state index contributed by atoms with van der Waals surface area (Å²) in [7, 11) is 3.55. The number of methoxy groups -OCH3 is 1. The zero-order chi connectivity index (χ0) is 17.9. The SMILES string of the molecule is CCCCOCCNC(=NC)N1CCN(c2cccc(OC)c2)CC1.I. The average molecular weight is 476 g/mol. The first-order valence-corrected chi connectivity index (χ1v) is 9.20.